The molecule has 0 aliphatic carbocycles. The fourth-order valence-electron chi connectivity index (χ4n) is 0. The Kier molecular flexibility index (Phi) is 3.29. The molecule has 0 spiro atoms. The maximum atomic E-state index is 4.76. The van der Waals surface area contributed by atoms with Gasteiger partial charge in [-0.15, -0.1) is 6.42 Å². The second-order valence-corrected chi connectivity index (χ2v) is 1.63. The van der Waals surface area contributed by atoms with Crippen molar-refractivity contribution in [2.45, 2.75) is 0 Å². The van der Waals surface area contributed by atoms with Crippen molar-refractivity contribution in [2.75, 3.05) is 0 Å². The Bertz CT molecular complexity index is 48.8. The summed E-state index contributed by atoms with van der Waals surface area (Å²) in [5.74, 6) is 0. The minimum absolute atomic E-state index is 0.112. The summed E-state index contributed by atoms with van der Waals surface area (Å²) in [5, 5.41) is 0. The van der Waals surface area contributed by atoms with Gasteiger partial charge < -0.3 is 0 Å². The molecule has 0 aliphatic heterocycles. The highest BCUT2D eigenvalue weighted by atomic mass is 127. The first-order chi connectivity index (χ1) is 1.91. The van der Waals surface area contributed by atoms with Gasteiger partial charge in [-0.05, 0) is 24.7 Å². The number of halogens is 1. The lowest BCUT2D eigenvalue weighted by Gasteiger charge is -1.36. The SMILES string of the molecule is C#CI=C. The quantitative estimate of drug-likeness (QED) is 0.371. The van der Waals surface area contributed by atoms with Gasteiger partial charge in [0.1, 0.15) is 0 Å². The summed E-state index contributed by atoms with van der Waals surface area (Å²) in [6, 6.07) is 0. The van der Waals surface area contributed by atoms with Crippen LogP contribution in [0.5, 0.6) is 0 Å². The van der Waals surface area contributed by atoms with Crippen LogP contribution in [0, 0.1) is 10.4 Å². The van der Waals surface area contributed by atoms with Crippen molar-refractivity contribution in [3.8, 4) is 10.4 Å². The average molecular weight is 166 g/mol. The summed E-state index contributed by atoms with van der Waals surface area (Å²) >= 11 is -0.112. The number of hydrogen-bond acceptors (Lipinski definition) is 0. The summed E-state index contributed by atoms with van der Waals surface area (Å²) in [7, 11) is 0. The van der Waals surface area contributed by atoms with Crippen molar-refractivity contribution in [1.29, 1.82) is 0 Å². The van der Waals surface area contributed by atoms with E-state index in [1.165, 1.54) is 0 Å². The molecule has 0 aliphatic rings. The number of terminal acetylenes is 1. The third-order valence-corrected chi connectivity index (χ3v) is 0.518. The van der Waals surface area contributed by atoms with Crippen LogP contribution >= 0.6 is 20.7 Å². The normalized spacial score (nSPS) is 4.75. The highest BCUT2D eigenvalue weighted by Gasteiger charge is 1.27. The predicted octanol–water partition coefficient (Wildman–Crippen LogP) is 0.980. The zero-order valence-corrected chi connectivity index (χ0v) is 4.32. The molecule has 0 unspecified atom stereocenters. The van der Waals surface area contributed by atoms with Gasteiger partial charge in [0.2, 0.25) is 0 Å². The molecule has 0 amide bonds. The molecule has 0 aromatic rings. The summed E-state index contributed by atoms with van der Waals surface area (Å²) in [4.78, 5) is 0. The largest absolute Gasteiger partial charge is 0.109 e. The van der Waals surface area contributed by atoms with Crippen LogP contribution in [-0.4, -0.2) is 4.51 Å². The van der Waals surface area contributed by atoms with Gasteiger partial charge in [0.15, 0.2) is 0 Å². The molecule has 0 saturated heterocycles. The molecule has 0 heterocycles. The van der Waals surface area contributed by atoms with Crippen molar-refractivity contribution >= 4 is 25.2 Å². The number of hydrogen-bond donors (Lipinski definition) is 0. The third kappa shape index (κ3) is 2.16. The molecular weight excluding hydrogens is 163 g/mol. The molecular formula is C3H3I. The van der Waals surface area contributed by atoms with Crippen molar-refractivity contribution in [3.63, 3.8) is 0 Å². The van der Waals surface area contributed by atoms with Crippen molar-refractivity contribution in [2.24, 2.45) is 0 Å². The van der Waals surface area contributed by atoms with E-state index in [2.05, 4.69) is 8.44 Å². The van der Waals surface area contributed by atoms with Gasteiger partial charge in [0.05, 0.1) is 0 Å². The van der Waals surface area contributed by atoms with Crippen LogP contribution in [-0.2, 0) is 0 Å². The Morgan fingerprint density at radius 2 is 2.25 bits per heavy atom. The molecule has 0 aromatic carbocycles. The fraction of sp³-hybridized carbons (Fsp3) is 0. The molecule has 0 nitrogen and oxygen atoms in total. The van der Waals surface area contributed by atoms with Gasteiger partial charge in [-0.2, -0.15) is 0 Å². The van der Waals surface area contributed by atoms with Crippen LogP contribution in [0.4, 0.5) is 0 Å². The minimum Gasteiger partial charge on any atom is -0.109 e. The van der Waals surface area contributed by atoms with Gasteiger partial charge in [-0.25, -0.2) is 0 Å². The lowest BCUT2D eigenvalue weighted by molar-refractivity contribution is 3.26. The van der Waals surface area contributed by atoms with E-state index < -0.39 is 0 Å². The Hall–Kier alpha value is 0.160. The second kappa shape index (κ2) is 3.16. The van der Waals surface area contributed by atoms with E-state index in [0.717, 1.165) is 0 Å². The van der Waals surface area contributed by atoms with E-state index in [1.54, 1.807) is 0 Å². The van der Waals surface area contributed by atoms with E-state index in [4.69, 9.17) is 6.42 Å². The molecule has 0 bridgehead atoms. The molecule has 1 heteroatoms. The van der Waals surface area contributed by atoms with Gasteiger partial charge in [0, 0.05) is 0 Å². The first kappa shape index (κ1) is 4.16. The zero-order valence-electron chi connectivity index (χ0n) is 2.16. The maximum absolute atomic E-state index is 4.76. The van der Waals surface area contributed by atoms with E-state index in [9.17, 15) is 0 Å². The van der Waals surface area contributed by atoms with Crippen molar-refractivity contribution in [3.05, 3.63) is 0 Å². The highest BCUT2D eigenvalue weighted by molar-refractivity contribution is 14.2. The zero-order chi connectivity index (χ0) is 3.41. The smallest absolute Gasteiger partial charge is 0.0393 e. The molecule has 0 fully saturated rings. The summed E-state index contributed by atoms with van der Waals surface area (Å²) in [6.45, 7) is 0. The third-order valence-electron chi connectivity index (χ3n) is 0.0772. The first-order valence-electron chi connectivity index (χ1n) is 0.745. The molecule has 0 saturated carbocycles. The second-order valence-electron chi connectivity index (χ2n) is 0.243. The Morgan fingerprint density at radius 3 is 2.25 bits per heavy atom. The number of rotatable bonds is 0. The first-order valence-corrected chi connectivity index (χ1v) is 3.35. The van der Waals surface area contributed by atoms with Crippen molar-refractivity contribution in [1.82, 2.24) is 0 Å². The molecule has 0 atom stereocenters. The summed E-state index contributed by atoms with van der Waals surface area (Å²) in [6.07, 6.45) is 4.76. The molecule has 4 heavy (non-hydrogen) atoms. The molecule has 0 radical (unpaired) electrons. The van der Waals surface area contributed by atoms with Crippen LogP contribution in [0.1, 0.15) is 0 Å². The Balaban J connectivity index is 2.92. The molecule has 0 N–H and O–H groups in total. The standard InChI is InChI=1S/C3H3I/c1-3-4-2/h1H,2H2. The van der Waals surface area contributed by atoms with E-state index in [0.29, 0.717) is 0 Å². The lowest BCUT2D eigenvalue weighted by atomic mass is 11.4. The fourth-order valence-corrected chi connectivity index (χ4v) is 0. The highest BCUT2D eigenvalue weighted by Crippen LogP contribution is 1.77. The van der Waals surface area contributed by atoms with Crippen LogP contribution in [0.2, 0.25) is 0 Å². The van der Waals surface area contributed by atoms with E-state index in [1.807, 2.05) is 0 Å². The van der Waals surface area contributed by atoms with Crippen LogP contribution < -0.4 is 0 Å². The van der Waals surface area contributed by atoms with E-state index >= 15 is 0 Å². The summed E-state index contributed by atoms with van der Waals surface area (Å²) in [5.41, 5.74) is 0. The van der Waals surface area contributed by atoms with Crippen LogP contribution in [0.3, 0.4) is 0 Å². The summed E-state index contributed by atoms with van der Waals surface area (Å²) < 4.78 is 5.91. The van der Waals surface area contributed by atoms with Crippen LogP contribution in [0.25, 0.3) is 0 Å². The van der Waals surface area contributed by atoms with Crippen molar-refractivity contribution < 1.29 is 0 Å². The maximum Gasteiger partial charge on any atom is -0.0393 e. The average Bonchev–Trinajstić information content (AvgIpc) is 1.37. The Labute approximate surface area is 36.0 Å². The topological polar surface area (TPSA) is 0 Å². The van der Waals surface area contributed by atoms with E-state index in [-0.39, 0.29) is 20.7 Å². The van der Waals surface area contributed by atoms with Crippen LogP contribution in [0.15, 0.2) is 0 Å². The monoisotopic (exact) mass is 166 g/mol. The molecule has 0 aromatic heterocycles. The minimum atomic E-state index is -0.112. The van der Waals surface area contributed by atoms with Gasteiger partial charge in [0.25, 0.3) is 0 Å². The molecule has 0 rings (SSSR count). The Morgan fingerprint density at radius 1 is 2.00 bits per heavy atom. The predicted molar refractivity (Wildman–Crippen MR) is 30.0 cm³/mol. The van der Waals surface area contributed by atoms with Gasteiger partial charge in [-0.3, -0.25) is 0 Å². The van der Waals surface area contributed by atoms with Gasteiger partial charge >= 0.3 is 0 Å². The molecule has 22 valence electrons. The lowest BCUT2D eigenvalue weighted by Crippen LogP contribution is -1.07. The van der Waals surface area contributed by atoms with Gasteiger partial charge in [-0.1, -0.05) is 4.51 Å².